The van der Waals surface area contributed by atoms with Crippen LogP contribution in [0.15, 0.2) is 169 Å². The van der Waals surface area contributed by atoms with Crippen LogP contribution in [0.25, 0.3) is 62.0 Å². The number of hydrogen-bond donors (Lipinski definition) is 0. The summed E-state index contributed by atoms with van der Waals surface area (Å²) in [5, 5.41) is 0. The fourth-order valence-electron chi connectivity index (χ4n) is 10.8. The Morgan fingerprint density at radius 2 is 1.00 bits per heavy atom. The summed E-state index contributed by atoms with van der Waals surface area (Å²) in [7, 11) is 0. The van der Waals surface area contributed by atoms with Gasteiger partial charge >= 0.3 is 0 Å². The Labute approximate surface area is 336 Å². The molecule has 7 aromatic rings. The van der Waals surface area contributed by atoms with Gasteiger partial charge in [0, 0.05) is 33.4 Å². The highest BCUT2D eigenvalue weighted by Crippen LogP contribution is 2.63. The van der Waals surface area contributed by atoms with Crippen molar-refractivity contribution in [1.82, 2.24) is 15.0 Å². The molecule has 4 aliphatic rings. The molecule has 0 bridgehead atoms. The zero-order chi connectivity index (χ0) is 38.1. The highest BCUT2D eigenvalue weighted by Gasteiger charge is 2.53. The Morgan fingerprint density at radius 3 is 1.67 bits per heavy atom. The maximum atomic E-state index is 4.98. The van der Waals surface area contributed by atoms with Crippen molar-refractivity contribution >= 4 is 5.57 Å². The van der Waals surface area contributed by atoms with Gasteiger partial charge in [0.1, 0.15) is 0 Å². The van der Waals surface area contributed by atoms with Gasteiger partial charge in [-0.25, -0.2) is 15.0 Å². The minimum atomic E-state index is -0.0287. The lowest BCUT2D eigenvalue weighted by atomic mass is 9.62. The van der Waals surface area contributed by atoms with E-state index in [0.29, 0.717) is 29.3 Å². The lowest BCUT2D eigenvalue weighted by molar-refractivity contribution is 0.233. The molecule has 0 N–H and O–H groups in total. The molecule has 4 aliphatic carbocycles. The lowest BCUT2D eigenvalue weighted by Gasteiger charge is -2.41. The van der Waals surface area contributed by atoms with E-state index in [-0.39, 0.29) is 10.8 Å². The second kappa shape index (κ2) is 13.2. The first-order valence-electron chi connectivity index (χ1n) is 20.7. The van der Waals surface area contributed by atoms with Crippen LogP contribution in [0.4, 0.5) is 0 Å². The molecule has 2 unspecified atom stereocenters. The van der Waals surface area contributed by atoms with Crippen molar-refractivity contribution in [2.75, 3.05) is 0 Å². The average Bonchev–Trinajstić information content (AvgIpc) is 3.66. The van der Waals surface area contributed by atoms with Crippen LogP contribution >= 0.6 is 0 Å². The van der Waals surface area contributed by atoms with Gasteiger partial charge in [-0.2, -0.15) is 0 Å². The van der Waals surface area contributed by atoms with E-state index in [2.05, 4.69) is 117 Å². The summed E-state index contributed by atoms with van der Waals surface area (Å²) in [6.45, 7) is 4.86. The Hall–Kier alpha value is -6.19. The summed E-state index contributed by atoms with van der Waals surface area (Å²) in [4.78, 5) is 14.8. The third-order valence-electron chi connectivity index (χ3n) is 13.6. The minimum Gasteiger partial charge on any atom is -0.208 e. The van der Waals surface area contributed by atoms with Crippen LogP contribution in [0.5, 0.6) is 0 Å². The highest BCUT2D eigenvalue weighted by atomic mass is 15.0. The van der Waals surface area contributed by atoms with Gasteiger partial charge in [-0.3, -0.25) is 0 Å². The van der Waals surface area contributed by atoms with Gasteiger partial charge in [0.25, 0.3) is 0 Å². The van der Waals surface area contributed by atoms with Gasteiger partial charge in [0.05, 0.1) is 0 Å². The SMILES string of the molecule is CC1(C)C2=CC3c4ccccc4C4(CCCCC4)C3C=C2c2cc(-c3ccc(-c4cccc(-c5nc(-c6ccccc6)nc(-c6ccccc6)n5)c4)cc3)ccc21. The second-order valence-electron chi connectivity index (χ2n) is 17.1. The summed E-state index contributed by atoms with van der Waals surface area (Å²) in [5.74, 6) is 3.00. The fraction of sp³-hybridized carbons (Fsp3) is 0.204. The maximum absolute atomic E-state index is 4.98. The summed E-state index contributed by atoms with van der Waals surface area (Å²) >= 11 is 0. The first-order chi connectivity index (χ1) is 28.0. The van der Waals surface area contributed by atoms with Gasteiger partial charge in [0.15, 0.2) is 17.5 Å². The van der Waals surface area contributed by atoms with E-state index < -0.39 is 0 Å². The quantitative estimate of drug-likeness (QED) is 0.177. The standard InChI is InChI=1S/C54H45N3/c1-53(2)46-28-27-40(32-43(46)45-34-49-44(33-48(45)53)42-21-10-11-22-47(42)54(49)29-12-5-13-30-54)36-25-23-35(24-26-36)39-19-14-20-41(31-39)52-56-50(37-15-6-3-7-16-37)55-51(57-52)38-17-8-4-9-18-38/h3-4,6-11,14-28,31-34,44,49H,5,12-13,29-30H2,1-2H3. The molecule has 0 amide bonds. The van der Waals surface area contributed by atoms with Crippen LogP contribution in [0.3, 0.4) is 0 Å². The molecule has 1 saturated carbocycles. The Morgan fingerprint density at radius 1 is 0.456 bits per heavy atom. The van der Waals surface area contributed by atoms with Crippen molar-refractivity contribution in [3.8, 4) is 56.4 Å². The molecule has 3 heteroatoms. The van der Waals surface area contributed by atoms with Crippen LogP contribution in [0.1, 0.15) is 74.1 Å². The highest BCUT2D eigenvalue weighted by molar-refractivity contribution is 5.93. The lowest BCUT2D eigenvalue weighted by Crippen LogP contribution is -2.35. The molecule has 3 nitrogen and oxygen atoms in total. The topological polar surface area (TPSA) is 38.7 Å². The first-order valence-corrected chi connectivity index (χ1v) is 20.7. The molecule has 57 heavy (non-hydrogen) atoms. The summed E-state index contributed by atoms with van der Waals surface area (Å²) in [6, 6.07) is 54.6. The minimum absolute atomic E-state index is 0.0287. The third kappa shape index (κ3) is 5.51. The maximum Gasteiger partial charge on any atom is 0.164 e. The van der Waals surface area contributed by atoms with Crippen LogP contribution in [-0.2, 0) is 10.8 Å². The molecular formula is C54H45N3. The average molecular weight is 736 g/mol. The van der Waals surface area contributed by atoms with E-state index in [1.165, 1.54) is 65.5 Å². The van der Waals surface area contributed by atoms with Crippen molar-refractivity contribution < 1.29 is 0 Å². The summed E-state index contributed by atoms with van der Waals surface area (Å²) in [5.41, 5.74) is 17.0. The molecule has 1 fully saturated rings. The molecule has 276 valence electrons. The van der Waals surface area contributed by atoms with E-state index >= 15 is 0 Å². The molecule has 6 aromatic carbocycles. The number of hydrogen-bond acceptors (Lipinski definition) is 3. The largest absolute Gasteiger partial charge is 0.208 e. The number of allylic oxidation sites excluding steroid dienone is 4. The molecule has 2 atom stereocenters. The van der Waals surface area contributed by atoms with Gasteiger partial charge in [-0.15, -0.1) is 0 Å². The summed E-state index contributed by atoms with van der Waals surface area (Å²) in [6.07, 6.45) is 12.1. The monoisotopic (exact) mass is 735 g/mol. The van der Waals surface area contributed by atoms with Crippen LogP contribution in [0, 0.1) is 5.92 Å². The fourth-order valence-corrected chi connectivity index (χ4v) is 10.8. The van der Waals surface area contributed by atoms with E-state index in [1.807, 2.05) is 60.7 Å². The van der Waals surface area contributed by atoms with Gasteiger partial charge < -0.3 is 0 Å². The van der Waals surface area contributed by atoms with Gasteiger partial charge in [0.2, 0.25) is 0 Å². The van der Waals surface area contributed by atoms with E-state index in [4.69, 9.17) is 15.0 Å². The Balaban J connectivity index is 0.926. The van der Waals surface area contributed by atoms with Crippen LogP contribution < -0.4 is 0 Å². The van der Waals surface area contributed by atoms with Crippen molar-refractivity contribution in [2.45, 2.75) is 62.7 Å². The summed E-state index contributed by atoms with van der Waals surface area (Å²) < 4.78 is 0. The third-order valence-corrected chi connectivity index (χ3v) is 13.6. The zero-order valence-corrected chi connectivity index (χ0v) is 32.6. The molecule has 1 aromatic heterocycles. The smallest absolute Gasteiger partial charge is 0.164 e. The van der Waals surface area contributed by atoms with Gasteiger partial charge in [-0.1, -0.05) is 185 Å². The van der Waals surface area contributed by atoms with Crippen molar-refractivity contribution in [3.05, 3.63) is 192 Å². The molecule has 0 saturated heterocycles. The first kappa shape index (κ1) is 34.1. The predicted molar refractivity (Wildman–Crippen MR) is 234 cm³/mol. The number of benzene rings is 6. The van der Waals surface area contributed by atoms with Crippen LogP contribution in [-0.4, -0.2) is 15.0 Å². The molecule has 1 heterocycles. The Kier molecular flexibility index (Phi) is 7.90. The number of nitrogens with zero attached hydrogens (tertiary/aromatic N) is 3. The second-order valence-corrected chi connectivity index (χ2v) is 17.1. The van der Waals surface area contributed by atoms with Crippen LogP contribution in [0.2, 0.25) is 0 Å². The van der Waals surface area contributed by atoms with E-state index in [9.17, 15) is 0 Å². The zero-order valence-electron chi connectivity index (χ0n) is 32.6. The molecule has 0 aliphatic heterocycles. The molecule has 1 spiro atoms. The number of fused-ring (bicyclic) bond motifs is 8. The van der Waals surface area contributed by atoms with Crippen molar-refractivity contribution in [3.63, 3.8) is 0 Å². The number of rotatable bonds is 5. The van der Waals surface area contributed by atoms with Gasteiger partial charge in [-0.05, 0) is 86.5 Å². The molecular weight excluding hydrogens is 691 g/mol. The molecule has 11 rings (SSSR count). The predicted octanol–water partition coefficient (Wildman–Crippen LogP) is 13.4. The van der Waals surface area contributed by atoms with E-state index in [0.717, 1.165) is 27.8 Å². The van der Waals surface area contributed by atoms with Crippen molar-refractivity contribution in [2.24, 2.45) is 5.92 Å². The Bertz CT molecular complexity index is 2680. The normalized spacial score (nSPS) is 19.5. The molecule has 0 radical (unpaired) electrons. The van der Waals surface area contributed by atoms with E-state index in [1.54, 1.807) is 11.1 Å². The number of aromatic nitrogens is 3. The van der Waals surface area contributed by atoms with Crippen molar-refractivity contribution in [1.29, 1.82) is 0 Å².